The molecular weight excluding hydrogens is 819 g/mol. The van der Waals surface area contributed by atoms with Crippen LogP contribution in [0.1, 0.15) is 232 Å². The van der Waals surface area contributed by atoms with Gasteiger partial charge in [-0.2, -0.15) is 0 Å². The minimum atomic E-state index is -1.54. The number of hydrogen-bond acceptors (Lipinski definition) is 8. The van der Waals surface area contributed by atoms with E-state index in [9.17, 15) is 29.7 Å². The molecule has 11 heteroatoms. The van der Waals surface area contributed by atoms with Gasteiger partial charge >= 0.3 is 6.09 Å². The number of ether oxygens (including phenoxy) is 2. The summed E-state index contributed by atoms with van der Waals surface area (Å²) < 4.78 is 11.7. The van der Waals surface area contributed by atoms with Crippen LogP contribution in [0.2, 0.25) is 0 Å². The van der Waals surface area contributed by atoms with Gasteiger partial charge in [0, 0.05) is 13.0 Å². The van der Waals surface area contributed by atoms with Crippen LogP contribution in [0.5, 0.6) is 0 Å². The number of nitrogens with one attached hydrogen (secondary N) is 2. The maximum Gasteiger partial charge on any atom is 0.408 e. The third-order valence-corrected chi connectivity index (χ3v) is 13.1. The first-order chi connectivity index (χ1) is 31.6. The Balaban J connectivity index is 2.04. The Morgan fingerprint density at radius 3 is 1.54 bits per heavy atom. The zero-order chi connectivity index (χ0) is 47.3. The zero-order valence-corrected chi connectivity index (χ0v) is 41.8. The summed E-state index contributed by atoms with van der Waals surface area (Å²) in [5.41, 5.74) is 0.804. The molecule has 0 aromatic heterocycles. The lowest BCUT2D eigenvalue weighted by Gasteiger charge is -2.47. The van der Waals surface area contributed by atoms with E-state index in [2.05, 4.69) is 24.5 Å². The van der Waals surface area contributed by atoms with Crippen molar-refractivity contribution in [1.82, 2.24) is 15.5 Å². The van der Waals surface area contributed by atoms with E-state index in [0.29, 0.717) is 13.0 Å². The lowest BCUT2D eigenvalue weighted by atomic mass is 9.94. The predicted octanol–water partition coefficient (Wildman–Crippen LogP) is 11.8. The van der Waals surface area contributed by atoms with Gasteiger partial charge in [0.05, 0.1) is 6.61 Å². The summed E-state index contributed by atoms with van der Waals surface area (Å²) in [6.45, 7) is 8.20. The number of nitrogens with zero attached hydrogens (tertiary/aromatic N) is 1. The third kappa shape index (κ3) is 27.0. The minimum Gasteiger partial charge on any atom is -0.445 e. The van der Waals surface area contributed by atoms with Gasteiger partial charge in [-0.25, -0.2) is 4.79 Å². The Labute approximate surface area is 396 Å². The van der Waals surface area contributed by atoms with Crippen LogP contribution in [0.15, 0.2) is 30.3 Å². The van der Waals surface area contributed by atoms with Crippen molar-refractivity contribution in [1.29, 1.82) is 0 Å². The van der Waals surface area contributed by atoms with Crippen molar-refractivity contribution < 1.29 is 39.2 Å². The summed E-state index contributed by atoms with van der Waals surface area (Å²) in [4.78, 5) is 42.8. The molecule has 376 valence electrons. The van der Waals surface area contributed by atoms with Crippen LogP contribution in [0.3, 0.4) is 0 Å². The van der Waals surface area contributed by atoms with Crippen LogP contribution in [0.4, 0.5) is 4.79 Å². The van der Waals surface area contributed by atoms with Crippen LogP contribution in [-0.2, 0) is 25.7 Å². The van der Waals surface area contributed by atoms with E-state index in [4.69, 9.17) is 9.47 Å². The van der Waals surface area contributed by atoms with Gasteiger partial charge in [0.25, 0.3) is 0 Å². The number of carbonyl (C=O) groups is 3. The molecule has 6 atom stereocenters. The second kappa shape index (κ2) is 38.3. The van der Waals surface area contributed by atoms with E-state index < -0.39 is 55.2 Å². The fourth-order valence-electron chi connectivity index (χ4n) is 9.06. The quantitative estimate of drug-likeness (QED) is 0.0407. The number of hydrogen-bond donors (Lipinski definition) is 5. The Morgan fingerprint density at radius 1 is 0.646 bits per heavy atom. The molecule has 1 aromatic carbocycles. The standard InChI is InChI=1S/C54H97N3O8/c1-5-7-9-11-13-15-17-19-20-21-23-25-27-29-31-36-40-57(48(59)39-35-30-28-26-24-22-18-16-14-12-10-8-6-2)53-49(51(61)50(60)47(42-58)65-53)56-52(62)46(41-44(3)4)55-54(63)64-43-45-37-33-32-34-38-45/h32-34,37-38,44,46-47,49-51,53,58,60-61H,5-31,35-36,39-43H2,1-4H3,(H,55,63)(H,56,62)/t46-,47+,49+,50+,51+,53+/m0/s1. The lowest BCUT2D eigenvalue weighted by molar-refractivity contribution is -0.231. The smallest absolute Gasteiger partial charge is 0.408 e. The number of rotatable bonds is 40. The predicted molar refractivity (Wildman–Crippen MR) is 264 cm³/mol. The summed E-state index contributed by atoms with van der Waals surface area (Å²) in [7, 11) is 0. The summed E-state index contributed by atoms with van der Waals surface area (Å²) in [5, 5.41) is 38.4. The highest BCUT2D eigenvalue weighted by molar-refractivity contribution is 5.86. The van der Waals surface area contributed by atoms with Gasteiger partial charge in [0.15, 0.2) is 6.23 Å². The molecule has 0 saturated carbocycles. The average molecular weight is 916 g/mol. The highest BCUT2D eigenvalue weighted by atomic mass is 16.6. The van der Waals surface area contributed by atoms with Crippen LogP contribution in [0.25, 0.3) is 0 Å². The topological polar surface area (TPSA) is 158 Å². The highest BCUT2D eigenvalue weighted by Gasteiger charge is 2.48. The summed E-state index contributed by atoms with van der Waals surface area (Å²) in [6, 6.07) is 7.02. The van der Waals surface area contributed by atoms with E-state index in [-0.39, 0.29) is 24.9 Å². The van der Waals surface area contributed by atoms with E-state index >= 15 is 0 Å². The van der Waals surface area contributed by atoms with E-state index in [0.717, 1.165) is 56.9 Å². The van der Waals surface area contributed by atoms with Crippen molar-refractivity contribution in [2.75, 3.05) is 13.2 Å². The molecule has 3 amide bonds. The number of aliphatic hydroxyl groups is 3. The highest BCUT2D eigenvalue weighted by Crippen LogP contribution is 2.27. The number of amides is 3. The first kappa shape index (κ1) is 58.4. The molecule has 1 saturated heterocycles. The van der Waals surface area contributed by atoms with Crippen LogP contribution >= 0.6 is 0 Å². The molecule has 0 unspecified atom stereocenters. The van der Waals surface area contributed by atoms with Crippen molar-refractivity contribution in [3.05, 3.63) is 35.9 Å². The average Bonchev–Trinajstić information content (AvgIpc) is 3.30. The van der Waals surface area contributed by atoms with Crippen molar-refractivity contribution in [3.8, 4) is 0 Å². The number of carbonyl (C=O) groups excluding carboxylic acids is 3. The van der Waals surface area contributed by atoms with Gasteiger partial charge in [-0.1, -0.05) is 231 Å². The van der Waals surface area contributed by atoms with Gasteiger partial charge in [-0.3, -0.25) is 9.59 Å². The molecular formula is C54H97N3O8. The van der Waals surface area contributed by atoms with E-state index in [1.807, 2.05) is 44.2 Å². The van der Waals surface area contributed by atoms with Gasteiger partial charge in [0.1, 0.15) is 37.0 Å². The molecule has 1 heterocycles. The van der Waals surface area contributed by atoms with Gasteiger partial charge in [0.2, 0.25) is 11.8 Å². The Hall–Kier alpha value is -2.73. The molecule has 1 aromatic rings. The molecule has 2 rings (SSSR count). The summed E-state index contributed by atoms with van der Waals surface area (Å²) >= 11 is 0. The fraction of sp³-hybridized carbons (Fsp3) is 0.833. The molecule has 65 heavy (non-hydrogen) atoms. The number of aliphatic hydroxyl groups excluding tert-OH is 3. The van der Waals surface area contributed by atoms with Crippen molar-refractivity contribution >= 4 is 17.9 Å². The Kier molecular flexibility index (Phi) is 34.4. The first-order valence-corrected chi connectivity index (χ1v) is 26.8. The fourth-order valence-corrected chi connectivity index (χ4v) is 9.06. The molecule has 0 radical (unpaired) electrons. The number of benzene rings is 1. The molecule has 11 nitrogen and oxygen atoms in total. The summed E-state index contributed by atoms with van der Waals surface area (Å²) in [6.07, 6.45) is 29.8. The molecule has 0 bridgehead atoms. The van der Waals surface area contributed by atoms with E-state index in [1.54, 1.807) is 4.90 Å². The van der Waals surface area contributed by atoms with Crippen molar-refractivity contribution in [2.45, 2.75) is 270 Å². The van der Waals surface area contributed by atoms with Crippen LogP contribution in [0, 0.1) is 5.92 Å². The molecule has 1 aliphatic heterocycles. The lowest BCUT2D eigenvalue weighted by Crippen LogP contribution is -2.70. The monoisotopic (exact) mass is 916 g/mol. The molecule has 1 aliphatic rings. The molecule has 0 aliphatic carbocycles. The number of alkyl carbamates (subject to hydrolysis) is 1. The van der Waals surface area contributed by atoms with Gasteiger partial charge in [-0.05, 0) is 30.7 Å². The zero-order valence-electron chi connectivity index (χ0n) is 41.8. The summed E-state index contributed by atoms with van der Waals surface area (Å²) in [5.74, 6) is -0.713. The van der Waals surface area contributed by atoms with Crippen LogP contribution < -0.4 is 10.6 Å². The Morgan fingerprint density at radius 2 is 1.09 bits per heavy atom. The van der Waals surface area contributed by atoms with Crippen molar-refractivity contribution in [3.63, 3.8) is 0 Å². The first-order valence-electron chi connectivity index (χ1n) is 26.8. The van der Waals surface area contributed by atoms with Crippen LogP contribution in [-0.4, -0.2) is 87.9 Å². The SMILES string of the molecule is CCCCCCCCCCCCCCCCCCN(C(=O)CCCCCCCCCCCCCCC)[C@@H]1O[C@H](CO)[C@@H](O)[C@H](O)[C@H]1NC(=O)[C@H](CC(C)C)NC(=O)OCc1ccccc1. The maximum absolute atomic E-state index is 14.2. The van der Waals surface area contributed by atoms with Gasteiger partial charge < -0.3 is 40.3 Å². The molecule has 0 spiro atoms. The van der Waals surface area contributed by atoms with Gasteiger partial charge in [-0.15, -0.1) is 0 Å². The molecule has 1 fully saturated rings. The Bertz CT molecular complexity index is 1320. The third-order valence-electron chi connectivity index (χ3n) is 13.1. The normalized spacial score (nSPS) is 19.0. The largest absolute Gasteiger partial charge is 0.445 e. The minimum absolute atomic E-state index is 0.0150. The molecule has 5 N–H and O–H groups in total. The second-order valence-corrected chi connectivity index (χ2v) is 19.5. The van der Waals surface area contributed by atoms with Crippen molar-refractivity contribution in [2.24, 2.45) is 5.92 Å². The maximum atomic E-state index is 14.2. The number of unbranched alkanes of at least 4 members (excludes halogenated alkanes) is 27. The van der Waals surface area contributed by atoms with E-state index in [1.165, 1.54) is 135 Å². The second-order valence-electron chi connectivity index (χ2n) is 19.5.